The lowest BCUT2D eigenvalue weighted by Gasteiger charge is -2.07. The minimum absolute atomic E-state index is 0.199. The van der Waals surface area contributed by atoms with E-state index in [0.29, 0.717) is 19.0 Å². The molecule has 106 valence electrons. The van der Waals surface area contributed by atoms with Gasteiger partial charge < -0.3 is 5.32 Å². The molecule has 0 amide bonds. The minimum Gasteiger partial charge on any atom is -0.314 e. The Kier molecular flexibility index (Phi) is 5.30. The molecule has 0 saturated heterocycles. The molecule has 1 fully saturated rings. The number of pyridine rings is 1. The second kappa shape index (κ2) is 6.98. The van der Waals surface area contributed by atoms with Gasteiger partial charge in [-0.25, -0.2) is 13.1 Å². The molecule has 0 bridgehead atoms. The maximum absolute atomic E-state index is 11.8. The Morgan fingerprint density at radius 2 is 1.95 bits per heavy atom. The van der Waals surface area contributed by atoms with E-state index in [1.165, 1.54) is 12.8 Å². The highest BCUT2D eigenvalue weighted by molar-refractivity contribution is 7.89. The molecule has 5 nitrogen and oxygen atoms in total. The molecule has 1 aliphatic carbocycles. The summed E-state index contributed by atoms with van der Waals surface area (Å²) in [7, 11) is -3.16. The fourth-order valence-corrected chi connectivity index (χ4v) is 2.89. The van der Waals surface area contributed by atoms with Crippen LogP contribution < -0.4 is 10.0 Å². The van der Waals surface area contributed by atoms with Gasteiger partial charge in [0, 0.05) is 25.0 Å². The van der Waals surface area contributed by atoms with E-state index in [4.69, 9.17) is 0 Å². The van der Waals surface area contributed by atoms with Crippen molar-refractivity contribution in [1.82, 2.24) is 15.0 Å². The van der Waals surface area contributed by atoms with Gasteiger partial charge in [0.2, 0.25) is 10.0 Å². The molecule has 1 saturated carbocycles. The lowest BCUT2D eigenvalue weighted by atomic mass is 10.3. The van der Waals surface area contributed by atoms with Gasteiger partial charge >= 0.3 is 0 Å². The van der Waals surface area contributed by atoms with Crippen LogP contribution in [-0.4, -0.2) is 31.7 Å². The van der Waals surface area contributed by atoms with Crippen molar-refractivity contribution in [2.45, 2.75) is 38.3 Å². The Bertz CT molecular complexity index is 472. The number of hydrogen-bond donors (Lipinski definition) is 2. The maximum Gasteiger partial charge on any atom is 0.211 e. The van der Waals surface area contributed by atoms with Gasteiger partial charge in [-0.1, -0.05) is 0 Å². The molecule has 19 heavy (non-hydrogen) atoms. The first kappa shape index (κ1) is 14.4. The smallest absolute Gasteiger partial charge is 0.211 e. The zero-order chi connectivity index (χ0) is 13.6. The van der Waals surface area contributed by atoms with Gasteiger partial charge in [0.1, 0.15) is 0 Å². The van der Waals surface area contributed by atoms with Crippen LogP contribution in [0.5, 0.6) is 0 Å². The topological polar surface area (TPSA) is 71.1 Å². The average molecular weight is 283 g/mol. The monoisotopic (exact) mass is 283 g/mol. The van der Waals surface area contributed by atoms with Gasteiger partial charge in [0.05, 0.1) is 5.75 Å². The zero-order valence-corrected chi connectivity index (χ0v) is 11.8. The average Bonchev–Trinajstić information content (AvgIpc) is 3.21. The first-order valence-corrected chi connectivity index (χ1v) is 8.40. The van der Waals surface area contributed by atoms with E-state index in [1.807, 2.05) is 12.1 Å². The zero-order valence-electron chi connectivity index (χ0n) is 11.0. The Morgan fingerprint density at radius 1 is 1.21 bits per heavy atom. The van der Waals surface area contributed by atoms with Crippen LogP contribution in [0.25, 0.3) is 0 Å². The highest BCUT2D eigenvalue weighted by Crippen LogP contribution is 2.18. The number of nitrogens with one attached hydrogen (secondary N) is 2. The number of unbranched alkanes of at least 4 members (excludes halogenated alkanes) is 1. The third kappa shape index (κ3) is 6.13. The van der Waals surface area contributed by atoms with E-state index in [9.17, 15) is 8.42 Å². The Morgan fingerprint density at radius 3 is 2.63 bits per heavy atom. The quantitative estimate of drug-likeness (QED) is 0.664. The van der Waals surface area contributed by atoms with Gasteiger partial charge in [-0.3, -0.25) is 4.98 Å². The number of rotatable bonds is 9. The summed E-state index contributed by atoms with van der Waals surface area (Å²) < 4.78 is 26.1. The molecule has 6 heteroatoms. The second-order valence-electron chi connectivity index (χ2n) is 4.93. The normalized spacial score (nSPS) is 15.6. The molecule has 1 aromatic rings. The van der Waals surface area contributed by atoms with Crippen molar-refractivity contribution in [3.05, 3.63) is 30.1 Å². The van der Waals surface area contributed by atoms with E-state index < -0.39 is 10.0 Å². The summed E-state index contributed by atoms with van der Waals surface area (Å²) in [6, 6.07) is 4.31. The molecule has 0 unspecified atom stereocenters. The minimum atomic E-state index is -3.16. The third-order valence-electron chi connectivity index (χ3n) is 3.10. The molecule has 2 N–H and O–H groups in total. The van der Waals surface area contributed by atoms with Crippen LogP contribution in [0.4, 0.5) is 0 Å². The van der Waals surface area contributed by atoms with Crippen molar-refractivity contribution in [2.75, 3.05) is 12.3 Å². The van der Waals surface area contributed by atoms with Gasteiger partial charge in [0.15, 0.2) is 0 Å². The van der Waals surface area contributed by atoms with E-state index in [0.717, 1.165) is 18.5 Å². The molecule has 2 rings (SSSR count). The Balaban J connectivity index is 1.60. The molecule has 1 aromatic heterocycles. The third-order valence-corrected chi connectivity index (χ3v) is 4.51. The van der Waals surface area contributed by atoms with E-state index in [2.05, 4.69) is 15.0 Å². The molecule has 0 radical (unpaired) electrons. The van der Waals surface area contributed by atoms with Gasteiger partial charge in [-0.2, -0.15) is 0 Å². The van der Waals surface area contributed by atoms with Crippen LogP contribution in [-0.2, 0) is 16.6 Å². The summed E-state index contributed by atoms with van der Waals surface area (Å²) >= 11 is 0. The number of hydrogen-bond acceptors (Lipinski definition) is 4. The Labute approximate surface area is 114 Å². The van der Waals surface area contributed by atoms with Crippen molar-refractivity contribution < 1.29 is 8.42 Å². The summed E-state index contributed by atoms with van der Waals surface area (Å²) in [5, 5.41) is 3.38. The van der Waals surface area contributed by atoms with Crippen LogP contribution in [0.3, 0.4) is 0 Å². The van der Waals surface area contributed by atoms with E-state index in [-0.39, 0.29) is 5.75 Å². The lowest BCUT2D eigenvalue weighted by molar-refractivity contribution is 0.572. The largest absolute Gasteiger partial charge is 0.314 e. The molecular formula is C13H21N3O2S. The van der Waals surface area contributed by atoms with E-state index in [1.54, 1.807) is 12.4 Å². The predicted octanol–water partition coefficient (Wildman–Crippen LogP) is 1.03. The maximum atomic E-state index is 11.8. The highest BCUT2D eigenvalue weighted by atomic mass is 32.2. The predicted molar refractivity (Wildman–Crippen MR) is 75.1 cm³/mol. The molecule has 0 aliphatic heterocycles. The van der Waals surface area contributed by atoms with E-state index >= 15 is 0 Å². The molecule has 0 atom stereocenters. The standard InChI is InChI=1S/C13H21N3O2S/c17-19(18,10-2-1-7-15-13-3-4-13)16-11-12-5-8-14-9-6-12/h5-6,8-9,13,15-16H,1-4,7,10-11H2. The number of sulfonamides is 1. The van der Waals surface area contributed by atoms with Crippen LogP contribution in [0.15, 0.2) is 24.5 Å². The first-order chi connectivity index (χ1) is 9.16. The van der Waals surface area contributed by atoms with Crippen LogP contribution in [0.1, 0.15) is 31.2 Å². The summed E-state index contributed by atoms with van der Waals surface area (Å²) in [5.74, 6) is 0.199. The molecule has 0 spiro atoms. The first-order valence-electron chi connectivity index (χ1n) is 6.75. The molecular weight excluding hydrogens is 262 g/mol. The van der Waals surface area contributed by atoms with Crippen molar-refractivity contribution in [3.8, 4) is 0 Å². The fourth-order valence-electron chi connectivity index (χ4n) is 1.78. The van der Waals surface area contributed by atoms with Crippen molar-refractivity contribution in [3.63, 3.8) is 0 Å². The molecule has 1 heterocycles. The molecule has 1 aliphatic rings. The summed E-state index contributed by atoms with van der Waals surface area (Å²) in [4.78, 5) is 3.89. The van der Waals surface area contributed by atoms with Gasteiger partial charge in [0.25, 0.3) is 0 Å². The van der Waals surface area contributed by atoms with Crippen LogP contribution >= 0.6 is 0 Å². The van der Waals surface area contributed by atoms with Crippen LogP contribution in [0.2, 0.25) is 0 Å². The summed E-state index contributed by atoms with van der Waals surface area (Å²) in [6.45, 7) is 1.26. The molecule has 0 aromatic carbocycles. The van der Waals surface area contributed by atoms with Gasteiger partial charge in [-0.15, -0.1) is 0 Å². The highest BCUT2D eigenvalue weighted by Gasteiger charge is 2.19. The SMILES string of the molecule is O=S(=O)(CCCCNC1CC1)NCc1ccncc1. The van der Waals surface area contributed by atoms with Crippen LogP contribution in [0, 0.1) is 0 Å². The summed E-state index contributed by atoms with van der Waals surface area (Å²) in [6.07, 6.45) is 7.47. The summed E-state index contributed by atoms with van der Waals surface area (Å²) in [5.41, 5.74) is 0.925. The number of aromatic nitrogens is 1. The second-order valence-corrected chi connectivity index (χ2v) is 6.86. The Hall–Kier alpha value is -0.980. The van der Waals surface area contributed by atoms with Crippen molar-refractivity contribution in [2.24, 2.45) is 0 Å². The van der Waals surface area contributed by atoms with Crippen molar-refractivity contribution in [1.29, 1.82) is 0 Å². The van der Waals surface area contributed by atoms with Gasteiger partial charge in [-0.05, 0) is 49.9 Å². The number of nitrogens with zero attached hydrogens (tertiary/aromatic N) is 1. The van der Waals surface area contributed by atoms with Crippen molar-refractivity contribution >= 4 is 10.0 Å². The fraction of sp³-hybridized carbons (Fsp3) is 0.615. The lowest BCUT2D eigenvalue weighted by Crippen LogP contribution is -2.26.